The molecule has 0 unspecified atom stereocenters. The standard InChI is InChI=1S/C14H12N2O2/c1-9-6-7-15-8-12(9)10-4-3-5-11-13(10)18-16-14(11)17-2/h3-8H,1-2H3. The number of rotatable bonds is 2. The molecule has 0 aliphatic heterocycles. The zero-order valence-electron chi connectivity index (χ0n) is 10.2. The largest absolute Gasteiger partial charge is 0.478 e. The highest BCUT2D eigenvalue weighted by Crippen LogP contribution is 2.34. The van der Waals surface area contributed by atoms with Gasteiger partial charge in [-0.05, 0) is 29.8 Å². The SMILES string of the molecule is COc1noc2c(-c3cnccc3C)cccc12. The van der Waals surface area contributed by atoms with E-state index in [1.807, 2.05) is 37.4 Å². The van der Waals surface area contributed by atoms with Crippen LogP contribution in [0.2, 0.25) is 0 Å². The summed E-state index contributed by atoms with van der Waals surface area (Å²) in [4.78, 5) is 4.16. The Labute approximate surface area is 104 Å². The van der Waals surface area contributed by atoms with Gasteiger partial charge in [0.15, 0.2) is 5.58 Å². The van der Waals surface area contributed by atoms with Crippen LogP contribution in [0.5, 0.6) is 5.88 Å². The zero-order valence-corrected chi connectivity index (χ0v) is 10.2. The number of para-hydroxylation sites is 1. The van der Waals surface area contributed by atoms with E-state index in [4.69, 9.17) is 9.26 Å². The van der Waals surface area contributed by atoms with E-state index in [1.165, 1.54) is 0 Å². The molecule has 2 aromatic heterocycles. The Bertz CT molecular complexity index is 704. The first-order chi connectivity index (χ1) is 8.81. The summed E-state index contributed by atoms with van der Waals surface area (Å²) in [6, 6.07) is 7.86. The van der Waals surface area contributed by atoms with E-state index in [9.17, 15) is 0 Å². The van der Waals surface area contributed by atoms with Crippen molar-refractivity contribution in [3.63, 3.8) is 0 Å². The third-order valence-corrected chi connectivity index (χ3v) is 2.99. The first kappa shape index (κ1) is 10.8. The Kier molecular flexibility index (Phi) is 2.48. The molecule has 1 aromatic carbocycles. The third-order valence-electron chi connectivity index (χ3n) is 2.99. The summed E-state index contributed by atoms with van der Waals surface area (Å²) in [5.41, 5.74) is 3.90. The van der Waals surface area contributed by atoms with Crippen molar-refractivity contribution in [3.05, 3.63) is 42.2 Å². The van der Waals surface area contributed by atoms with Crippen LogP contribution in [-0.4, -0.2) is 17.3 Å². The first-order valence-corrected chi connectivity index (χ1v) is 5.64. The summed E-state index contributed by atoms with van der Waals surface area (Å²) >= 11 is 0. The molecule has 2 heterocycles. The molecule has 0 saturated carbocycles. The van der Waals surface area contributed by atoms with Crippen molar-refractivity contribution in [1.29, 1.82) is 0 Å². The van der Waals surface area contributed by atoms with Gasteiger partial charge in [-0.3, -0.25) is 4.98 Å². The maximum atomic E-state index is 5.38. The van der Waals surface area contributed by atoms with Gasteiger partial charge in [-0.25, -0.2) is 0 Å². The van der Waals surface area contributed by atoms with E-state index < -0.39 is 0 Å². The minimum atomic E-state index is 0.508. The molecule has 0 saturated heterocycles. The summed E-state index contributed by atoms with van der Waals surface area (Å²) in [7, 11) is 1.58. The molecule has 0 atom stereocenters. The molecule has 4 nitrogen and oxygen atoms in total. The van der Waals surface area contributed by atoms with Gasteiger partial charge in [0.1, 0.15) is 0 Å². The van der Waals surface area contributed by atoms with E-state index in [-0.39, 0.29) is 0 Å². The maximum absolute atomic E-state index is 5.38. The highest BCUT2D eigenvalue weighted by atomic mass is 16.5. The van der Waals surface area contributed by atoms with Gasteiger partial charge in [-0.1, -0.05) is 12.1 Å². The second kappa shape index (κ2) is 4.14. The predicted molar refractivity (Wildman–Crippen MR) is 68.5 cm³/mol. The van der Waals surface area contributed by atoms with Gasteiger partial charge in [-0.15, -0.1) is 0 Å². The van der Waals surface area contributed by atoms with Gasteiger partial charge in [0, 0.05) is 23.5 Å². The summed E-state index contributed by atoms with van der Waals surface area (Å²) in [5.74, 6) is 0.508. The molecule has 0 amide bonds. The Hall–Kier alpha value is -2.36. The normalized spacial score (nSPS) is 10.8. The number of hydrogen-bond acceptors (Lipinski definition) is 4. The number of aromatic nitrogens is 2. The number of ether oxygens (including phenoxy) is 1. The lowest BCUT2D eigenvalue weighted by Gasteiger charge is -2.04. The monoisotopic (exact) mass is 240 g/mol. The zero-order chi connectivity index (χ0) is 12.5. The van der Waals surface area contributed by atoms with Crippen LogP contribution in [0, 0.1) is 6.92 Å². The van der Waals surface area contributed by atoms with Crippen LogP contribution in [0.15, 0.2) is 41.2 Å². The Balaban J connectivity index is 2.30. The highest BCUT2D eigenvalue weighted by molar-refractivity contribution is 5.95. The maximum Gasteiger partial charge on any atom is 0.261 e. The Morgan fingerprint density at radius 1 is 1.17 bits per heavy atom. The highest BCUT2D eigenvalue weighted by Gasteiger charge is 2.14. The van der Waals surface area contributed by atoms with E-state index in [0.717, 1.165) is 27.7 Å². The van der Waals surface area contributed by atoms with Crippen LogP contribution in [0.3, 0.4) is 0 Å². The van der Waals surface area contributed by atoms with E-state index in [2.05, 4.69) is 10.1 Å². The molecule has 0 aliphatic carbocycles. The number of benzene rings is 1. The molecule has 0 fully saturated rings. The Morgan fingerprint density at radius 2 is 2.06 bits per heavy atom. The number of methoxy groups -OCH3 is 1. The lowest BCUT2D eigenvalue weighted by Crippen LogP contribution is -1.85. The van der Waals surface area contributed by atoms with Gasteiger partial charge in [0.2, 0.25) is 0 Å². The third kappa shape index (κ3) is 1.54. The van der Waals surface area contributed by atoms with Crippen LogP contribution >= 0.6 is 0 Å². The number of hydrogen-bond donors (Lipinski definition) is 0. The lowest BCUT2D eigenvalue weighted by atomic mass is 10.0. The van der Waals surface area contributed by atoms with Crippen LogP contribution in [0.1, 0.15) is 5.56 Å². The molecule has 3 rings (SSSR count). The van der Waals surface area contributed by atoms with Crippen molar-refractivity contribution in [2.24, 2.45) is 0 Å². The van der Waals surface area contributed by atoms with E-state index in [1.54, 1.807) is 13.3 Å². The van der Waals surface area contributed by atoms with Crippen molar-refractivity contribution < 1.29 is 9.26 Å². The fourth-order valence-corrected chi connectivity index (χ4v) is 2.05. The molecule has 90 valence electrons. The minimum Gasteiger partial charge on any atom is -0.478 e. The smallest absolute Gasteiger partial charge is 0.261 e. The van der Waals surface area contributed by atoms with Gasteiger partial charge in [-0.2, -0.15) is 0 Å². The molecule has 0 spiro atoms. The van der Waals surface area contributed by atoms with Crippen molar-refractivity contribution in [2.75, 3.05) is 7.11 Å². The predicted octanol–water partition coefficient (Wildman–Crippen LogP) is 3.21. The lowest BCUT2D eigenvalue weighted by molar-refractivity contribution is 0.350. The Morgan fingerprint density at radius 3 is 2.83 bits per heavy atom. The second-order valence-electron chi connectivity index (χ2n) is 4.06. The van der Waals surface area contributed by atoms with Gasteiger partial charge in [0.05, 0.1) is 12.5 Å². The molecule has 0 N–H and O–H groups in total. The fourth-order valence-electron chi connectivity index (χ4n) is 2.05. The van der Waals surface area contributed by atoms with Crippen LogP contribution in [-0.2, 0) is 0 Å². The second-order valence-corrected chi connectivity index (χ2v) is 4.06. The van der Waals surface area contributed by atoms with Crippen LogP contribution in [0.4, 0.5) is 0 Å². The van der Waals surface area contributed by atoms with Gasteiger partial charge >= 0.3 is 0 Å². The van der Waals surface area contributed by atoms with Crippen LogP contribution < -0.4 is 4.74 Å². The molecule has 18 heavy (non-hydrogen) atoms. The van der Waals surface area contributed by atoms with E-state index in [0.29, 0.717) is 5.88 Å². The molecule has 0 bridgehead atoms. The van der Waals surface area contributed by atoms with Crippen molar-refractivity contribution in [1.82, 2.24) is 10.1 Å². The molecule has 0 radical (unpaired) electrons. The quantitative estimate of drug-likeness (QED) is 0.690. The number of aryl methyl sites for hydroxylation is 1. The first-order valence-electron chi connectivity index (χ1n) is 5.64. The summed E-state index contributed by atoms with van der Waals surface area (Å²) in [5, 5.41) is 4.79. The van der Waals surface area contributed by atoms with Crippen LogP contribution in [0.25, 0.3) is 22.1 Å². The molecule has 3 aromatic rings. The van der Waals surface area contributed by atoms with Crippen molar-refractivity contribution in [3.8, 4) is 17.0 Å². The average molecular weight is 240 g/mol. The summed E-state index contributed by atoms with van der Waals surface area (Å²) in [6.07, 6.45) is 3.61. The number of fused-ring (bicyclic) bond motifs is 1. The van der Waals surface area contributed by atoms with Gasteiger partial charge < -0.3 is 9.26 Å². The average Bonchev–Trinajstić information content (AvgIpc) is 2.82. The molecular formula is C14H12N2O2. The summed E-state index contributed by atoms with van der Waals surface area (Å²) in [6.45, 7) is 2.05. The van der Waals surface area contributed by atoms with Crippen molar-refractivity contribution >= 4 is 11.0 Å². The topological polar surface area (TPSA) is 48.2 Å². The molecule has 0 aliphatic rings. The van der Waals surface area contributed by atoms with Crippen molar-refractivity contribution in [2.45, 2.75) is 6.92 Å². The van der Waals surface area contributed by atoms with Gasteiger partial charge in [0.25, 0.3) is 5.88 Å². The molecule has 4 heteroatoms. The fraction of sp³-hybridized carbons (Fsp3) is 0.143. The number of pyridine rings is 1. The molecular weight excluding hydrogens is 228 g/mol. The van der Waals surface area contributed by atoms with E-state index >= 15 is 0 Å². The number of nitrogens with zero attached hydrogens (tertiary/aromatic N) is 2. The summed E-state index contributed by atoms with van der Waals surface area (Å²) < 4.78 is 10.5. The minimum absolute atomic E-state index is 0.508.